The van der Waals surface area contributed by atoms with Gasteiger partial charge in [0.15, 0.2) is 10.8 Å². The molecule has 0 aliphatic heterocycles. The van der Waals surface area contributed by atoms with Crippen LogP contribution in [-0.4, -0.2) is 31.2 Å². The fourth-order valence-corrected chi connectivity index (χ4v) is 3.34. The molecular formula is C18H22N6OS. The number of benzene rings is 1. The Kier molecular flexibility index (Phi) is 5.41. The summed E-state index contributed by atoms with van der Waals surface area (Å²) in [7, 11) is 0. The molecule has 8 heteroatoms. The number of fused-ring (bicyclic) bond motifs is 1. The summed E-state index contributed by atoms with van der Waals surface area (Å²) < 4.78 is 1.67. The molecule has 1 aromatic carbocycles. The number of thioether (sulfide) groups is 1. The lowest BCUT2D eigenvalue weighted by atomic mass is 10.1. The molecule has 1 amide bonds. The van der Waals surface area contributed by atoms with Gasteiger partial charge >= 0.3 is 0 Å². The van der Waals surface area contributed by atoms with Gasteiger partial charge in [-0.05, 0) is 43.5 Å². The summed E-state index contributed by atoms with van der Waals surface area (Å²) in [6, 6.07) is 7.73. The fraction of sp³-hybridized carbons (Fsp3) is 0.333. The van der Waals surface area contributed by atoms with Crippen LogP contribution in [0.2, 0.25) is 0 Å². The molecule has 2 aromatic heterocycles. The maximum atomic E-state index is 12.2. The van der Waals surface area contributed by atoms with Crippen LogP contribution in [0.1, 0.15) is 30.2 Å². The lowest BCUT2D eigenvalue weighted by molar-refractivity contribution is -0.113. The SMILES string of the molecule is CCCc1cc2nnc(SCC(=O)Nc3ccc(C)c(C)c3)n2c(N)n1. The quantitative estimate of drug-likeness (QED) is 0.647. The number of nitrogens with zero attached hydrogens (tertiary/aromatic N) is 4. The van der Waals surface area contributed by atoms with E-state index >= 15 is 0 Å². The predicted molar refractivity (Wildman–Crippen MR) is 104 cm³/mol. The third kappa shape index (κ3) is 3.96. The number of nitrogens with one attached hydrogen (secondary N) is 1. The highest BCUT2D eigenvalue weighted by atomic mass is 32.2. The van der Waals surface area contributed by atoms with Gasteiger partial charge in [0, 0.05) is 17.4 Å². The Balaban J connectivity index is 1.69. The molecule has 0 fully saturated rings. The number of carbonyl (C=O) groups excluding carboxylic acids is 1. The van der Waals surface area contributed by atoms with Crippen molar-refractivity contribution >= 4 is 35.0 Å². The fourth-order valence-electron chi connectivity index (χ4n) is 2.59. The number of aromatic nitrogens is 4. The van der Waals surface area contributed by atoms with E-state index in [0.717, 1.165) is 29.8 Å². The second-order valence-electron chi connectivity index (χ2n) is 6.17. The molecule has 0 aliphatic rings. The van der Waals surface area contributed by atoms with Crippen molar-refractivity contribution in [3.63, 3.8) is 0 Å². The van der Waals surface area contributed by atoms with Gasteiger partial charge in [0.05, 0.1) is 5.75 Å². The van der Waals surface area contributed by atoms with Crippen molar-refractivity contribution in [2.24, 2.45) is 0 Å². The minimum absolute atomic E-state index is 0.107. The molecule has 0 bridgehead atoms. The molecular weight excluding hydrogens is 348 g/mol. The van der Waals surface area contributed by atoms with Crippen molar-refractivity contribution in [2.75, 3.05) is 16.8 Å². The molecule has 0 atom stereocenters. The van der Waals surface area contributed by atoms with Gasteiger partial charge < -0.3 is 11.1 Å². The van der Waals surface area contributed by atoms with Crippen LogP contribution < -0.4 is 11.1 Å². The standard InChI is InChI=1S/C18H22N6OS/c1-4-5-13-9-15-22-23-18(24(15)17(19)21-13)26-10-16(25)20-14-7-6-11(2)12(3)8-14/h6-9H,4-5,10H2,1-3H3,(H2,19,21)(H,20,25). The smallest absolute Gasteiger partial charge is 0.234 e. The van der Waals surface area contributed by atoms with Crippen molar-refractivity contribution in [1.29, 1.82) is 0 Å². The summed E-state index contributed by atoms with van der Waals surface area (Å²) in [6.45, 7) is 6.14. The van der Waals surface area contributed by atoms with E-state index in [0.29, 0.717) is 16.8 Å². The Morgan fingerprint density at radius 1 is 1.23 bits per heavy atom. The number of anilines is 2. The number of rotatable bonds is 6. The topological polar surface area (TPSA) is 98.2 Å². The minimum Gasteiger partial charge on any atom is -0.369 e. The first-order valence-electron chi connectivity index (χ1n) is 8.48. The number of nitrogen functional groups attached to an aromatic ring is 1. The number of amides is 1. The third-order valence-electron chi connectivity index (χ3n) is 4.07. The van der Waals surface area contributed by atoms with Gasteiger partial charge in [0.25, 0.3) is 0 Å². The molecule has 0 radical (unpaired) electrons. The zero-order valence-corrected chi connectivity index (χ0v) is 15.9. The highest BCUT2D eigenvalue weighted by molar-refractivity contribution is 7.99. The van der Waals surface area contributed by atoms with E-state index in [4.69, 9.17) is 5.73 Å². The molecule has 3 aromatic rings. The molecule has 0 saturated heterocycles. The van der Waals surface area contributed by atoms with Crippen LogP contribution in [0.5, 0.6) is 0 Å². The summed E-state index contributed by atoms with van der Waals surface area (Å²) in [5.41, 5.74) is 10.7. The van der Waals surface area contributed by atoms with Crippen LogP contribution in [-0.2, 0) is 11.2 Å². The Morgan fingerprint density at radius 2 is 2.04 bits per heavy atom. The molecule has 136 valence electrons. The van der Waals surface area contributed by atoms with E-state index in [2.05, 4.69) is 27.4 Å². The Morgan fingerprint density at radius 3 is 2.77 bits per heavy atom. The number of carbonyl (C=O) groups is 1. The zero-order chi connectivity index (χ0) is 18.7. The molecule has 0 aliphatic carbocycles. The number of nitrogens with two attached hydrogens (primary N) is 1. The van der Waals surface area contributed by atoms with Crippen LogP contribution in [0.4, 0.5) is 11.6 Å². The average Bonchev–Trinajstić information content (AvgIpc) is 3.00. The van der Waals surface area contributed by atoms with Gasteiger partial charge in [0.2, 0.25) is 11.9 Å². The first-order valence-corrected chi connectivity index (χ1v) is 9.47. The van der Waals surface area contributed by atoms with Crippen LogP contribution >= 0.6 is 11.8 Å². The minimum atomic E-state index is -0.107. The van der Waals surface area contributed by atoms with E-state index in [9.17, 15) is 4.79 Å². The van der Waals surface area contributed by atoms with Crippen LogP contribution in [0, 0.1) is 13.8 Å². The van der Waals surface area contributed by atoms with E-state index in [1.165, 1.54) is 17.3 Å². The van der Waals surface area contributed by atoms with Crippen molar-refractivity contribution in [1.82, 2.24) is 19.6 Å². The van der Waals surface area contributed by atoms with E-state index < -0.39 is 0 Å². The summed E-state index contributed by atoms with van der Waals surface area (Å²) in [6.07, 6.45) is 1.82. The van der Waals surface area contributed by atoms with Crippen LogP contribution in [0.3, 0.4) is 0 Å². The third-order valence-corrected chi connectivity index (χ3v) is 5.00. The molecule has 3 N–H and O–H groups in total. The molecule has 3 rings (SSSR count). The predicted octanol–water partition coefficient (Wildman–Crippen LogP) is 3.01. The van der Waals surface area contributed by atoms with Gasteiger partial charge in [-0.2, -0.15) is 0 Å². The Labute approximate surface area is 156 Å². The van der Waals surface area contributed by atoms with Crippen molar-refractivity contribution in [2.45, 2.75) is 38.8 Å². The molecule has 0 unspecified atom stereocenters. The number of aryl methyl sites for hydroxylation is 3. The van der Waals surface area contributed by atoms with E-state index in [-0.39, 0.29) is 11.7 Å². The van der Waals surface area contributed by atoms with Crippen LogP contribution in [0.15, 0.2) is 29.4 Å². The number of hydrogen-bond donors (Lipinski definition) is 2. The second-order valence-corrected chi connectivity index (χ2v) is 7.11. The monoisotopic (exact) mass is 370 g/mol. The summed E-state index contributed by atoms with van der Waals surface area (Å²) >= 11 is 1.28. The summed E-state index contributed by atoms with van der Waals surface area (Å²) in [5, 5.41) is 11.7. The normalized spacial score (nSPS) is 11.0. The van der Waals surface area contributed by atoms with Gasteiger partial charge in [-0.3, -0.25) is 4.79 Å². The first kappa shape index (κ1) is 18.2. The summed E-state index contributed by atoms with van der Waals surface area (Å²) in [4.78, 5) is 16.6. The largest absolute Gasteiger partial charge is 0.369 e. The van der Waals surface area contributed by atoms with Gasteiger partial charge in [-0.15, -0.1) is 10.2 Å². The molecule has 7 nitrogen and oxygen atoms in total. The summed E-state index contributed by atoms with van der Waals surface area (Å²) in [5.74, 6) is 0.446. The van der Waals surface area contributed by atoms with Crippen molar-refractivity contribution in [3.8, 4) is 0 Å². The van der Waals surface area contributed by atoms with Gasteiger partial charge in [-0.1, -0.05) is 31.2 Å². The maximum absolute atomic E-state index is 12.2. The van der Waals surface area contributed by atoms with Gasteiger partial charge in [0.1, 0.15) is 0 Å². The van der Waals surface area contributed by atoms with Gasteiger partial charge in [-0.25, -0.2) is 9.38 Å². The Hall–Kier alpha value is -2.61. The van der Waals surface area contributed by atoms with E-state index in [1.54, 1.807) is 4.40 Å². The number of hydrogen-bond acceptors (Lipinski definition) is 6. The second kappa shape index (κ2) is 7.74. The molecule has 0 saturated carbocycles. The van der Waals surface area contributed by atoms with Crippen molar-refractivity contribution < 1.29 is 4.79 Å². The highest BCUT2D eigenvalue weighted by Crippen LogP contribution is 2.21. The molecule has 2 heterocycles. The Bertz CT molecular complexity index is 952. The highest BCUT2D eigenvalue weighted by Gasteiger charge is 2.13. The lowest BCUT2D eigenvalue weighted by Gasteiger charge is -2.08. The van der Waals surface area contributed by atoms with Crippen LogP contribution in [0.25, 0.3) is 5.65 Å². The first-order chi connectivity index (χ1) is 12.5. The van der Waals surface area contributed by atoms with E-state index in [1.807, 2.05) is 38.1 Å². The lowest BCUT2D eigenvalue weighted by Crippen LogP contribution is -2.14. The van der Waals surface area contributed by atoms with Crippen molar-refractivity contribution in [3.05, 3.63) is 41.1 Å². The maximum Gasteiger partial charge on any atom is 0.234 e. The average molecular weight is 370 g/mol. The molecule has 0 spiro atoms. The molecule has 26 heavy (non-hydrogen) atoms. The zero-order valence-electron chi connectivity index (χ0n) is 15.1.